The Hall–Kier alpha value is -2.05. The first-order valence-electron chi connectivity index (χ1n) is 8.42. The van der Waals surface area contributed by atoms with E-state index in [0.717, 1.165) is 6.08 Å². The fraction of sp³-hybridized carbons (Fsp3) is 0.722. The molecule has 1 atom stereocenters. The van der Waals surface area contributed by atoms with Gasteiger partial charge in [0.25, 0.3) is 0 Å². The zero-order chi connectivity index (χ0) is 19.4. The van der Waals surface area contributed by atoms with Crippen molar-refractivity contribution in [1.29, 1.82) is 0 Å². The van der Waals surface area contributed by atoms with Crippen molar-refractivity contribution in [3.05, 3.63) is 11.8 Å². The van der Waals surface area contributed by atoms with Crippen molar-refractivity contribution in [3.8, 4) is 0 Å². The Balaban J connectivity index is 2.80. The third-order valence-electron chi connectivity index (χ3n) is 3.14. The van der Waals surface area contributed by atoms with Crippen LogP contribution in [-0.2, 0) is 23.8 Å². The number of cyclic esters (lactones) is 1. The molecule has 1 aliphatic heterocycles. The second kappa shape index (κ2) is 7.89. The average molecular weight is 355 g/mol. The van der Waals surface area contributed by atoms with Gasteiger partial charge in [0.05, 0.1) is 18.5 Å². The van der Waals surface area contributed by atoms with Crippen LogP contribution in [0.5, 0.6) is 0 Å². The number of rotatable bonds is 6. The van der Waals surface area contributed by atoms with Gasteiger partial charge in [-0.15, -0.1) is 0 Å². The molecule has 142 valence electrons. The Morgan fingerprint density at radius 3 is 2.32 bits per heavy atom. The number of allylic oxidation sites excluding steroid dienone is 1. The Morgan fingerprint density at radius 2 is 1.84 bits per heavy atom. The lowest BCUT2D eigenvalue weighted by Gasteiger charge is -2.31. The van der Waals surface area contributed by atoms with E-state index in [4.69, 9.17) is 14.2 Å². The largest absolute Gasteiger partial charge is 0.456 e. The SMILES string of the molecule is CC(C)CC(NC(=O)OC(C)(C)C)C(=O)CC1=CC(=O)OC(C)(C)O1. The van der Waals surface area contributed by atoms with E-state index in [9.17, 15) is 14.4 Å². The van der Waals surface area contributed by atoms with Crippen molar-refractivity contribution >= 4 is 17.8 Å². The number of carbonyl (C=O) groups is 3. The Bertz CT molecular complexity index is 556. The van der Waals surface area contributed by atoms with E-state index in [2.05, 4.69) is 5.32 Å². The smallest absolute Gasteiger partial charge is 0.408 e. The molecule has 0 aliphatic carbocycles. The molecular formula is C18H29NO6. The zero-order valence-corrected chi connectivity index (χ0v) is 16.1. The molecule has 1 heterocycles. The highest BCUT2D eigenvalue weighted by molar-refractivity contribution is 5.91. The van der Waals surface area contributed by atoms with Gasteiger partial charge in [0.2, 0.25) is 5.79 Å². The molecule has 0 saturated carbocycles. The summed E-state index contributed by atoms with van der Waals surface area (Å²) >= 11 is 0. The second-order valence-corrected chi connectivity index (χ2v) is 8.01. The van der Waals surface area contributed by atoms with Gasteiger partial charge < -0.3 is 19.5 Å². The summed E-state index contributed by atoms with van der Waals surface area (Å²) in [5, 5.41) is 2.62. The molecule has 1 aliphatic rings. The highest BCUT2D eigenvalue weighted by Gasteiger charge is 2.33. The normalized spacial score (nSPS) is 17.9. The Labute approximate surface area is 149 Å². The molecule has 0 fully saturated rings. The van der Waals surface area contributed by atoms with Crippen LogP contribution in [0.1, 0.15) is 61.3 Å². The number of Topliss-reactive ketones (excluding diaryl/α,β-unsaturated/α-hetero) is 1. The molecule has 0 bridgehead atoms. The first-order valence-corrected chi connectivity index (χ1v) is 8.42. The van der Waals surface area contributed by atoms with Gasteiger partial charge >= 0.3 is 12.1 Å². The number of alkyl carbamates (subject to hydrolysis) is 1. The van der Waals surface area contributed by atoms with E-state index in [-0.39, 0.29) is 23.9 Å². The van der Waals surface area contributed by atoms with E-state index in [1.807, 2.05) is 13.8 Å². The molecule has 0 spiro atoms. The maximum absolute atomic E-state index is 12.6. The average Bonchev–Trinajstić information content (AvgIpc) is 2.31. The van der Waals surface area contributed by atoms with E-state index < -0.39 is 29.5 Å². The van der Waals surface area contributed by atoms with Crippen molar-refractivity contribution in [2.75, 3.05) is 0 Å². The lowest BCUT2D eigenvalue weighted by atomic mass is 9.98. The zero-order valence-electron chi connectivity index (χ0n) is 16.1. The number of esters is 1. The number of hydrogen-bond donors (Lipinski definition) is 1. The van der Waals surface area contributed by atoms with E-state index in [0.29, 0.717) is 6.42 Å². The maximum Gasteiger partial charge on any atom is 0.408 e. The predicted octanol–water partition coefficient (Wildman–Crippen LogP) is 3.08. The lowest BCUT2D eigenvalue weighted by molar-refractivity contribution is -0.205. The van der Waals surface area contributed by atoms with Crippen LogP contribution in [0.15, 0.2) is 11.8 Å². The molecule has 1 N–H and O–H groups in total. The fourth-order valence-corrected chi connectivity index (χ4v) is 2.34. The molecular weight excluding hydrogens is 326 g/mol. The van der Waals surface area contributed by atoms with Crippen molar-refractivity contribution in [2.45, 2.75) is 78.7 Å². The van der Waals surface area contributed by atoms with Crippen LogP contribution in [-0.4, -0.2) is 35.3 Å². The minimum atomic E-state index is -1.12. The van der Waals surface area contributed by atoms with Gasteiger partial charge in [0.15, 0.2) is 5.78 Å². The summed E-state index contributed by atoms with van der Waals surface area (Å²) in [5.41, 5.74) is -0.654. The molecule has 0 saturated heterocycles. The van der Waals surface area contributed by atoms with E-state index in [1.165, 1.54) is 0 Å². The number of amides is 1. The third kappa shape index (κ3) is 8.05. The lowest BCUT2D eigenvalue weighted by Crippen LogP contribution is -2.44. The summed E-state index contributed by atoms with van der Waals surface area (Å²) in [6, 6.07) is -0.722. The van der Waals surface area contributed by atoms with Crippen molar-refractivity contribution in [2.24, 2.45) is 5.92 Å². The second-order valence-electron chi connectivity index (χ2n) is 8.01. The summed E-state index contributed by atoms with van der Waals surface area (Å²) in [6.45, 7) is 12.3. The van der Waals surface area contributed by atoms with Crippen molar-refractivity contribution < 1.29 is 28.6 Å². The van der Waals surface area contributed by atoms with Crippen LogP contribution in [0.4, 0.5) is 4.79 Å². The quantitative estimate of drug-likeness (QED) is 0.736. The van der Waals surface area contributed by atoms with E-state index in [1.54, 1.807) is 34.6 Å². The van der Waals surface area contributed by atoms with Gasteiger partial charge in [-0.05, 0) is 33.1 Å². The van der Waals surface area contributed by atoms with Gasteiger partial charge in [0.1, 0.15) is 11.4 Å². The molecule has 1 rings (SSSR count). The molecule has 25 heavy (non-hydrogen) atoms. The number of hydrogen-bond acceptors (Lipinski definition) is 6. The Kier molecular flexibility index (Phi) is 6.62. The number of carbonyl (C=O) groups excluding carboxylic acids is 3. The van der Waals surface area contributed by atoms with Crippen LogP contribution in [0.25, 0.3) is 0 Å². The molecule has 7 nitrogen and oxygen atoms in total. The van der Waals surface area contributed by atoms with Crippen molar-refractivity contribution in [1.82, 2.24) is 5.32 Å². The topological polar surface area (TPSA) is 90.9 Å². The summed E-state index contributed by atoms with van der Waals surface area (Å²) in [7, 11) is 0. The van der Waals surface area contributed by atoms with Gasteiger partial charge in [-0.25, -0.2) is 9.59 Å². The molecule has 1 unspecified atom stereocenters. The molecule has 0 aromatic carbocycles. The van der Waals surface area contributed by atoms with Crippen LogP contribution in [0, 0.1) is 5.92 Å². The first-order chi connectivity index (χ1) is 11.3. The highest BCUT2D eigenvalue weighted by atomic mass is 16.7. The molecule has 0 aromatic heterocycles. The third-order valence-corrected chi connectivity index (χ3v) is 3.14. The van der Waals surface area contributed by atoms with Gasteiger partial charge in [-0.2, -0.15) is 0 Å². The van der Waals surface area contributed by atoms with Crippen LogP contribution < -0.4 is 5.32 Å². The van der Waals surface area contributed by atoms with Gasteiger partial charge in [0, 0.05) is 13.8 Å². The monoisotopic (exact) mass is 355 g/mol. The molecule has 0 aromatic rings. The van der Waals surface area contributed by atoms with Crippen LogP contribution >= 0.6 is 0 Å². The summed E-state index contributed by atoms with van der Waals surface area (Å²) in [5.74, 6) is -1.51. The number of nitrogens with one attached hydrogen (secondary N) is 1. The first kappa shape index (κ1) is 21.0. The standard InChI is InChI=1S/C18H29NO6/c1-11(2)8-13(19-16(22)25-17(3,4)5)14(20)9-12-10-15(21)24-18(6,7)23-12/h10-11,13H,8-9H2,1-7H3,(H,19,22). The minimum Gasteiger partial charge on any atom is -0.456 e. The number of ether oxygens (including phenoxy) is 3. The molecule has 0 radical (unpaired) electrons. The van der Waals surface area contributed by atoms with Gasteiger partial charge in [-0.3, -0.25) is 4.79 Å². The van der Waals surface area contributed by atoms with Crippen LogP contribution in [0.3, 0.4) is 0 Å². The molecule has 7 heteroatoms. The maximum atomic E-state index is 12.6. The summed E-state index contributed by atoms with van der Waals surface area (Å²) in [4.78, 5) is 36.2. The van der Waals surface area contributed by atoms with E-state index >= 15 is 0 Å². The molecule has 1 amide bonds. The fourth-order valence-electron chi connectivity index (χ4n) is 2.34. The summed E-state index contributed by atoms with van der Waals surface area (Å²) in [6.07, 6.45) is 0.860. The number of ketones is 1. The van der Waals surface area contributed by atoms with Crippen LogP contribution in [0.2, 0.25) is 0 Å². The summed E-state index contributed by atoms with van der Waals surface area (Å²) < 4.78 is 15.7. The highest BCUT2D eigenvalue weighted by Crippen LogP contribution is 2.25. The van der Waals surface area contributed by atoms with Gasteiger partial charge in [-0.1, -0.05) is 13.8 Å². The minimum absolute atomic E-state index is 0.105. The Morgan fingerprint density at radius 1 is 1.24 bits per heavy atom. The van der Waals surface area contributed by atoms with Crippen molar-refractivity contribution in [3.63, 3.8) is 0 Å². The predicted molar refractivity (Wildman–Crippen MR) is 91.6 cm³/mol.